The van der Waals surface area contributed by atoms with Gasteiger partial charge in [0.1, 0.15) is 11.1 Å². The molecule has 8 nitrogen and oxygen atoms in total. The molecule has 0 aromatic carbocycles. The number of likely N-dealkylation sites (tertiary alicyclic amines) is 1. The average Bonchev–Trinajstić information content (AvgIpc) is 2.95. The maximum absolute atomic E-state index is 12.3. The van der Waals surface area contributed by atoms with Crippen LogP contribution in [0.4, 0.5) is 4.79 Å². The molecule has 3 N–H and O–H groups in total. The van der Waals surface area contributed by atoms with Crippen molar-refractivity contribution in [2.45, 2.75) is 12.0 Å². The maximum Gasteiger partial charge on any atom is 0.322 e. The molecule has 3 rings (SSSR count). The van der Waals surface area contributed by atoms with Crippen molar-refractivity contribution in [1.82, 2.24) is 20.5 Å². The summed E-state index contributed by atoms with van der Waals surface area (Å²) >= 11 is 0. The first-order valence-electron chi connectivity index (χ1n) is 6.12. The fourth-order valence-corrected chi connectivity index (χ4v) is 2.55. The minimum atomic E-state index is -1.06. The molecule has 1 unspecified atom stereocenters. The molecule has 104 valence electrons. The lowest BCUT2D eigenvalue weighted by Crippen LogP contribution is -2.49. The molecule has 2 fully saturated rings. The lowest BCUT2D eigenvalue weighted by Gasteiger charge is -2.20. The second kappa shape index (κ2) is 4.19. The van der Waals surface area contributed by atoms with Gasteiger partial charge in [0.2, 0.25) is 0 Å². The van der Waals surface area contributed by atoms with Gasteiger partial charge in [0, 0.05) is 25.0 Å². The summed E-state index contributed by atoms with van der Waals surface area (Å²) in [5, 5.41) is 4.72. The van der Waals surface area contributed by atoms with Crippen molar-refractivity contribution < 1.29 is 14.4 Å². The molecular weight excluding hydrogens is 264 g/mol. The van der Waals surface area contributed by atoms with E-state index in [1.807, 2.05) is 0 Å². The lowest BCUT2D eigenvalue weighted by molar-refractivity contribution is -0.123. The average molecular weight is 276 g/mol. The van der Waals surface area contributed by atoms with Gasteiger partial charge in [-0.15, -0.1) is 0 Å². The van der Waals surface area contributed by atoms with Gasteiger partial charge in [0.05, 0.1) is 6.54 Å². The van der Waals surface area contributed by atoms with E-state index in [2.05, 4.69) is 15.6 Å². The van der Waals surface area contributed by atoms with Crippen LogP contribution in [0.15, 0.2) is 23.3 Å². The number of urea groups is 1. The monoisotopic (exact) mass is 276 g/mol. The third kappa shape index (κ3) is 1.77. The first-order chi connectivity index (χ1) is 9.52. The first-order valence-corrected chi connectivity index (χ1v) is 6.12. The second-order valence-electron chi connectivity index (χ2n) is 4.89. The highest BCUT2D eigenvalue weighted by molar-refractivity contribution is 6.08. The Kier molecular flexibility index (Phi) is 2.60. The molecule has 0 radical (unpaired) electrons. The Balaban J connectivity index is 1.83. The van der Waals surface area contributed by atoms with Gasteiger partial charge in [0.25, 0.3) is 11.8 Å². The smallest absolute Gasteiger partial charge is 0.322 e. The maximum atomic E-state index is 12.3. The van der Waals surface area contributed by atoms with Gasteiger partial charge < -0.3 is 15.2 Å². The van der Waals surface area contributed by atoms with E-state index in [1.165, 1.54) is 23.4 Å². The van der Waals surface area contributed by atoms with E-state index < -0.39 is 23.4 Å². The highest BCUT2D eigenvalue weighted by Crippen LogP contribution is 2.25. The summed E-state index contributed by atoms with van der Waals surface area (Å²) in [6.07, 6.45) is 3.11. The summed E-state index contributed by atoms with van der Waals surface area (Å²) in [6, 6.07) is 0.713. The summed E-state index contributed by atoms with van der Waals surface area (Å²) in [5.41, 5.74) is -1.42. The third-order valence-corrected chi connectivity index (χ3v) is 3.63. The van der Waals surface area contributed by atoms with Gasteiger partial charge in [-0.05, 0) is 6.42 Å². The summed E-state index contributed by atoms with van der Waals surface area (Å²) in [4.78, 5) is 51.0. The van der Waals surface area contributed by atoms with Crippen molar-refractivity contribution in [3.05, 3.63) is 34.2 Å². The number of H-pyrrole nitrogens is 1. The van der Waals surface area contributed by atoms with E-state index in [0.717, 1.165) is 0 Å². The second-order valence-corrected chi connectivity index (χ2v) is 4.89. The van der Waals surface area contributed by atoms with Crippen molar-refractivity contribution in [3.8, 4) is 0 Å². The number of nitrogens with zero attached hydrogens (tertiary/aromatic N) is 1. The molecule has 3 heterocycles. The summed E-state index contributed by atoms with van der Waals surface area (Å²) in [7, 11) is 0. The number of aromatic nitrogens is 1. The van der Waals surface area contributed by atoms with Crippen molar-refractivity contribution >= 4 is 17.8 Å². The Bertz CT molecular complexity index is 667. The Morgan fingerprint density at radius 2 is 2.10 bits per heavy atom. The topological polar surface area (TPSA) is 111 Å². The molecule has 1 aromatic rings. The third-order valence-electron chi connectivity index (χ3n) is 3.63. The number of hydrogen-bond acceptors (Lipinski definition) is 4. The van der Waals surface area contributed by atoms with Crippen molar-refractivity contribution in [2.75, 3.05) is 13.1 Å². The zero-order chi connectivity index (χ0) is 14.3. The number of carbonyl (C=O) groups is 3. The summed E-state index contributed by atoms with van der Waals surface area (Å²) in [5.74, 6) is -0.877. The van der Waals surface area contributed by atoms with E-state index in [0.29, 0.717) is 13.0 Å². The first kappa shape index (κ1) is 12.4. The molecule has 2 saturated heterocycles. The quantitative estimate of drug-likeness (QED) is 0.559. The van der Waals surface area contributed by atoms with Crippen molar-refractivity contribution in [1.29, 1.82) is 0 Å². The fourth-order valence-electron chi connectivity index (χ4n) is 2.55. The van der Waals surface area contributed by atoms with E-state index in [4.69, 9.17) is 0 Å². The van der Waals surface area contributed by atoms with Gasteiger partial charge in [0.15, 0.2) is 5.43 Å². The number of imide groups is 1. The predicted molar refractivity (Wildman–Crippen MR) is 67.0 cm³/mol. The highest BCUT2D eigenvalue weighted by Gasteiger charge is 2.51. The Morgan fingerprint density at radius 3 is 2.75 bits per heavy atom. The highest BCUT2D eigenvalue weighted by atomic mass is 16.2. The van der Waals surface area contributed by atoms with Gasteiger partial charge in [-0.25, -0.2) is 4.79 Å². The minimum absolute atomic E-state index is 0.0225. The molecule has 1 atom stereocenters. The zero-order valence-corrected chi connectivity index (χ0v) is 10.4. The molecule has 0 aliphatic carbocycles. The van der Waals surface area contributed by atoms with Crippen LogP contribution < -0.4 is 16.1 Å². The van der Waals surface area contributed by atoms with Crippen LogP contribution in [0.25, 0.3) is 0 Å². The standard InChI is InChI=1S/C12H12N4O4/c17-8-1-3-13-5-7(8)9(18)16-4-2-12(6-16)10(19)14-11(20)15-12/h1,3,5H,2,4,6H2,(H,13,17)(H2,14,15,19,20). The lowest BCUT2D eigenvalue weighted by atomic mass is 9.99. The Hall–Kier alpha value is -2.64. The Morgan fingerprint density at radius 1 is 1.30 bits per heavy atom. The molecule has 2 aliphatic rings. The predicted octanol–water partition coefficient (Wildman–Crippen LogP) is -1.20. The van der Waals surface area contributed by atoms with Crippen LogP contribution >= 0.6 is 0 Å². The number of nitrogens with one attached hydrogen (secondary N) is 3. The molecule has 8 heteroatoms. The minimum Gasteiger partial charge on any atom is -0.367 e. The molecular formula is C12H12N4O4. The number of aromatic amines is 1. The number of pyridine rings is 1. The number of rotatable bonds is 1. The van der Waals surface area contributed by atoms with Crippen LogP contribution in [0.3, 0.4) is 0 Å². The van der Waals surface area contributed by atoms with Crippen LogP contribution in [0.5, 0.6) is 0 Å². The fraction of sp³-hybridized carbons (Fsp3) is 0.333. The molecule has 0 bridgehead atoms. The molecule has 2 aliphatic heterocycles. The normalized spacial score (nSPS) is 24.9. The molecule has 1 spiro atoms. The van der Waals surface area contributed by atoms with Gasteiger partial charge in [-0.1, -0.05) is 0 Å². The van der Waals surface area contributed by atoms with Crippen LogP contribution in [0.1, 0.15) is 16.8 Å². The molecule has 0 saturated carbocycles. The van der Waals surface area contributed by atoms with Crippen LogP contribution in [0.2, 0.25) is 0 Å². The molecule has 4 amide bonds. The number of carbonyl (C=O) groups excluding carboxylic acids is 3. The van der Waals surface area contributed by atoms with Crippen LogP contribution in [-0.2, 0) is 4.79 Å². The number of amides is 4. The van der Waals surface area contributed by atoms with Crippen LogP contribution in [-0.4, -0.2) is 46.4 Å². The van der Waals surface area contributed by atoms with E-state index in [1.54, 1.807) is 0 Å². The largest absolute Gasteiger partial charge is 0.367 e. The number of hydrogen-bond donors (Lipinski definition) is 3. The molecule has 1 aromatic heterocycles. The van der Waals surface area contributed by atoms with Crippen molar-refractivity contribution in [2.24, 2.45) is 0 Å². The van der Waals surface area contributed by atoms with E-state index >= 15 is 0 Å². The van der Waals surface area contributed by atoms with Crippen LogP contribution in [0, 0.1) is 0 Å². The summed E-state index contributed by atoms with van der Waals surface area (Å²) < 4.78 is 0. The van der Waals surface area contributed by atoms with Gasteiger partial charge >= 0.3 is 6.03 Å². The van der Waals surface area contributed by atoms with E-state index in [-0.39, 0.29) is 17.5 Å². The SMILES string of the molecule is O=C1NC(=O)C2(CCN(C(=O)c3c[nH]ccc3=O)C2)N1. The Labute approximate surface area is 113 Å². The van der Waals surface area contributed by atoms with Gasteiger partial charge in [-0.2, -0.15) is 0 Å². The molecule has 20 heavy (non-hydrogen) atoms. The van der Waals surface area contributed by atoms with Crippen molar-refractivity contribution in [3.63, 3.8) is 0 Å². The van der Waals surface area contributed by atoms with Gasteiger partial charge in [-0.3, -0.25) is 19.7 Å². The summed E-state index contributed by atoms with van der Waals surface area (Å²) in [6.45, 7) is 0.374. The van der Waals surface area contributed by atoms with E-state index in [9.17, 15) is 19.2 Å². The zero-order valence-electron chi connectivity index (χ0n) is 10.4.